The van der Waals surface area contributed by atoms with Gasteiger partial charge in [0.15, 0.2) is 0 Å². The molecule has 0 saturated carbocycles. The highest BCUT2D eigenvalue weighted by Gasteiger charge is 2.10. The van der Waals surface area contributed by atoms with Gasteiger partial charge < -0.3 is 15.3 Å². The fourth-order valence-corrected chi connectivity index (χ4v) is 1.72. The maximum Gasteiger partial charge on any atom is 0.292 e. The lowest BCUT2D eigenvalue weighted by molar-refractivity contribution is 0.472. The van der Waals surface area contributed by atoms with Crippen LogP contribution in [0.1, 0.15) is 5.76 Å². The van der Waals surface area contributed by atoms with E-state index in [9.17, 15) is 5.11 Å². The molecule has 4 nitrogen and oxygen atoms in total. The number of aromatic nitrogens is 1. The average molecular weight is 269 g/mol. The SMILES string of the molecule is Cc1oc(N)nc1-c1ccc(O)c(Br)c1. The van der Waals surface area contributed by atoms with E-state index in [1.165, 1.54) is 0 Å². The van der Waals surface area contributed by atoms with Gasteiger partial charge in [-0.3, -0.25) is 0 Å². The van der Waals surface area contributed by atoms with Gasteiger partial charge in [0.2, 0.25) is 0 Å². The molecule has 15 heavy (non-hydrogen) atoms. The molecule has 1 aromatic carbocycles. The Hall–Kier alpha value is -1.49. The normalized spacial score (nSPS) is 10.5. The largest absolute Gasteiger partial charge is 0.507 e. The van der Waals surface area contributed by atoms with Crippen LogP contribution in [0.15, 0.2) is 27.1 Å². The molecule has 0 radical (unpaired) electrons. The molecular formula is C10H9BrN2O2. The summed E-state index contributed by atoms with van der Waals surface area (Å²) < 4.78 is 5.74. The summed E-state index contributed by atoms with van der Waals surface area (Å²) in [5.74, 6) is 0.845. The molecule has 78 valence electrons. The third kappa shape index (κ3) is 1.83. The number of oxazole rings is 1. The number of hydrogen-bond donors (Lipinski definition) is 2. The van der Waals surface area contributed by atoms with Crippen LogP contribution in [0, 0.1) is 6.92 Å². The molecule has 2 rings (SSSR count). The number of aryl methyl sites for hydroxylation is 1. The van der Waals surface area contributed by atoms with Crippen molar-refractivity contribution >= 4 is 21.9 Å². The van der Waals surface area contributed by atoms with Gasteiger partial charge in [0.05, 0.1) is 4.47 Å². The van der Waals surface area contributed by atoms with Crippen molar-refractivity contribution in [1.82, 2.24) is 4.98 Å². The number of nitrogens with two attached hydrogens (primary N) is 1. The van der Waals surface area contributed by atoms with Crippen molar-refractivity contribution in [3.8, 4) is 17.0 Å². The van der Waals surface area contributed by atoms with Crippen LogP contribution in [0.2, 0.25) is 0 Å². The van der Waals surface area contributed by atoms with E-state index in [0.717, 1.165) is 5.56 Å². The Morgan fingerprint density at radius 1 is 1.47 bits per heavy atom. The first-order chi connectivity index (χ1) is 7.08. The molecule has 0 bridgehead atoms. The highest BCUT2D eigenvalue weighted by atomic mass is 79.9. The van der Waals surface area contributed by atoms with E-state index < -0.39 is 0 Å². The number of rotatable bonds is 1. The minimum atomic E-state index is 0.145. The van der Waals surface area contributed by atoms with Crippen LogP contribution < -0.4 is 5.73 Å². The molecular weight excluding hydrogens is 260 g/mol. The Labute approximate surface area is 94.9 Å². The molecule has 0 atom stereocenters. The van der Waals surface area contributed by atoms with Gasteiger partial charge >= 0.3 is 0 Å². The second kappa shape index (κ2) is 3.58. The molecule has 0 amide bonds. The van der Waals surface area contributed by atoms with E-state index in [4.69, 9.17) is 10.2 Å². The third-order valence-corrected chi connectivity index (χ3v) is 2.67. The van der Waals surface area contributed by atoms with E-state index in [1.807, 2.05) is 0 Å². The highest BCUT2D eigenvalue weighted by molar-refractivity contribution is 9.10. The van der Waals surface area contributed by atoms with Gasteiger partial charge in [-0.05, 0) is 41.1 Å². The van der Waals surface area contributed by atoms with Gasteiger partial charge in [-0.25, -0.2) is 0 Å². The summed E-state index contributed by atoms with van der Waals surface area (Å²) >= 11 is 3.24. The zero-order valence-electron chi connectivity index (χ0n) is 7.99. The van der Waals surface area contributed by atoms with Gasteiger partial charge in [0.25, 0.3) is 6.01 Å². The zero-order chi connectivity index (χ0) is 11.0. The second-order valence-electron chi connectivity index (χ2n) is 3.12. The van der Waals surface area contributed by atoms with Crippen molar-refractivity contribution in [3.63, 3.8) is 0 Å². The van der Waals surface area contributed by atoms with Gasteiger partial charge in [-0.1, -0.05) is 0 Å². The number of benzene rings is 1. The number of nitrogens with zero attached hydrogens (tertiary/aromatic N) is 1. The summed E-state index contributed by atoms with van der Waals surface area (Å²) in [5, 5.41) is 9.35. The molecule has 0 aliphatic carbocycles. The monoisotopic (exact) mass is 268 g/mol. The zero-order valence-corrected chi connectivity index (χ0v) is 9.58. The smallest absolute Gasteiger partial charge is 0.292 e. The van der Waals surface area contributed by atoms with Crippen LogP contribution in [-0.2, 0) is 0 Å². The topological polar surface area (TPSA) is 72.3 Å². The predicted molar refractivity (Wildman–Crippen MR) is 60.5 cm³/mol. The lowest BCUT2D eigenvalue weighted by atomic mass is 10.1. The van der Waals surface area contributed by atoms with E-state index in [0.29, 0.717) is 15.9 Å². The Morgan fingerprint density at radius 3 is 2.73 bits per heavy atom. The van der Waals surface area contributed by atoms with E-state index in [2.05, 4.69) is 20.9 Å². The van der Waals surface area contributed by atoms with Crippen LogP contribution in [0.25, 0.3) is 11.3 Å². The molecule has 5 heteroatoms. The van der Waals surface area contributed by atoms with Gasteiger partial charge in [-0.2, -0.15) is 4.98 Å². The molecule has 0 unspecified atom stereocenters. The lowest BCUT2D eigenvalue weighted by Crippen LogP contribution is -1.84. The van der Waals surface area contributed by atoms with Crippen molar-refractivity contribution in [3.05, 3.63) is 28.4 Å². The molecule has 1 heterocycles. The molecule has 2 aromatic rings. The molecule has 0 aliphatic heterocycles. The maximum absolute atomic E-state index is 9.35. The number of phenols is 1. The number of phenolic OH excluding ortho intramolecular Hbond substituents is 1. The Bertz CT molecular complexity index is 508. The van der Waals surface area contributed by atoms with Crippen LogP contribution >= 0.6 is 15.9 Å². The summed E-state index contributed by atoms with van der Waals surface area (Å²) in [4.78, 5) is 4.06. The molecule has 0 aliphatic rings. The highest BCUT2D eigenvalue weighted by Crippen LogP contribution is 2.31. The second-order valence-corrected chi connectivity index (χ2v) is 3.98. The summed E-state index contributed by atoms with van der Waals surface area (Å²) in [6.07, 6.45) is 0. The fourth-order valence-electron chi connectivity index (χ4n) is 1.34. The number of anilines is 1. The standard InChI is InChI=1S/C10H9BrN2O2/c1-5-9(13-10(12)15-5)6-2-3-8(14)7(11)4-6/h2-4,14H,1H3,(H2,12,13). The van der Waals surface area contributed by atoms with Crippen molar-refractivity contribution < 1.29 is 9.52 Å². The fraction of sp³-hybridized carbons (Fsp3) is 0.100. The van der Waals surface area contributed by atoms with Gasteiger partial charge in [0, 0.05) is 5.56 Å². The Balaban J connectivity index is 2.54. The predicted octanol–water partition coefficient (Wildman–Crippen LogP) is 2.70. The number of halogens is 1. The van der Waals surface area contributed by atoms with E-state index >= 15 is 0 Å². The first-order valence-electron chi connectivity index (χ1n) is 4.29. The molecule has 1 aromatic heterocycles. The van der Waals surface area contributed by atoms with Crippen LogP contribution in [0.3, 0.4) is 0 Å². The minimum Gasteiger partial charge on any atom is -0.507 e. The first kappa shape index (κ1) is 10.0. The van der Waals surface area contributed by atoms with Crippen molar-refractivity contribution in [1.29, 1.82) is 0 Å². The third-order valence-electron chi connectivity index (χ3n) is 2.03. The number of nitrogen functional groups attached to an aromatic ring is 1. The van der Waals surface area contributed by atoms with Crippen molar-refractivity contribution in [2.45, 2.75) is 6.92 Å². The van der Waals surface area contributed by atoms with E-state index in [1.54, 1.807) is 25.1 Å². The number of hydrogen-bond acceptors (Lipinski definition) is 4. The molecule has 0 fully saturated rings. The van der Waals surface area contributed by atoms with Crippen molar-refractivity contribution in [2.75, 3.05) is 5.73 Å². The lowest BCUT2D eigenvalue weighted by Gasteiger charge is -2.00. The molecule has 0 spiro atoms. The summed E-state index contributed by atoms with van der Waals surface area (Å²) in [6, 6.07) is 5.25. The van der Waals surface area contributed by atoms with Gasteiger partial charge in [-0.15, -0.1) is 0 Å². The number of aromatic hydroxyl groups is 1. The molecule has 3 N–H and O–H groups in total. The first-order valence-corrected chi connectivity index (χ1v) is 5.09. The summed E-state index contributed by atoms with van der Waals surface area (Å²) in [5.41, 5.74) is 6.98. The van der Waals surface area contributed by atoms with E-state index in [-0.39, 0.29) is 11.8 Å². The average Bonchev–Trinajstić information content (AvgIpc) is 2.50. The van der Waals surface area contributed by atoms with Crippen LogP contribution in [0.5, 0.6) is 5.75 Å². The van der Waals surface area contributed by atoms with Gasteiger partial charge in [0.1, 0.15) is 17.2 Å². The Morgan fingerprint density at radius 2 is 2.20 bits per heavy atom. The van der Waals surface area contributed by atoms with Crippen LogP contribution in [-0.4, -0.2) is 10.1 Å². The molecule has 0 saturated heterocycles. The minimum absolute atomic E-state index is 0.145. The Kier molecular flexibility index (Phi) is 2.40. The maximum atomic E-state index is 9.35. The summed E-state index contributed by atoms with van der Waals surface area (Å²) in [6.45, 7) is 1.79. The van der Waals surface area contributed by atoms with Crippen molar-refractivity contribution in [2.24, 2.45) is 0 Å². The van der Waals surface area contributed by atoms with Crippen LogP contribution in [0.4, 0.5) is 6.01 Å². The quantitative estimate of drug-likeness (QED) is 0.834. The summed E-state index contributed by atoms with van der Waals surface area (Å²) in [7, 11) is 0.